The SMILES string of the molecule is CCNC1(C(N)=O)CCCC1CCN1CC(C)CC1C. The molecule has 4 heteroatoms. The number of nitrogens with zero attached hydrogens (tertiary/aromatic N) is 1. The van der Waals surface area contributed by atoms with Crippen molar-refractivity contribution in [3.8, 4) is 0 Å². The Balaban J connectivity index is 1.95. The molecule has 3 N–H and O–H groups in total. The summed E-state index contributed by atoms with van der Waals surface area (Å²) in [4.78, 5) is 14.6. The fraction of sp³-hybridized carbons (Fsp3) is 0.938. The van der Waals surface area contributed by atoms with Gasteiger partial charge in [-0.2, -0.15) is 0 Å². The van der Waals surface area contributed by atoms with Gasteiger partial charge in [-0.1, -0.05) is 20.3 Å². The van der Waals surface area contributed by atoms with Gasteiger partial charge in [-0.25, -0.2) is 0 Å². The van der Waals surface area contributed by atoms with Crippen LogP contribution in [-0.2, 0) is 4.79 Å². The van der Waals surface area contributed by atoms with Crippen LogP contribution in [0.25, 0.3) is 0 Å². The van der Waals surface area contributed by atoms with E-state index in [1.54, 1.807) is 0 Å². The normalized spacial score (nSPS) is 38.5. The Kier molecular flexibility index (Phi) is 5.08. The van der Waals surface area contributed by atoms with Crippen LogP contribution in [0.15, 0.2) is 0 Å². The number of hydrogen-bond donors (Lipinski definition) is 2. The molecule has 2 rings (SSSR count). The van der Waals surface area contributed by atoms with Crippen molar-refractivity contribution in [2.75, 3.05) is 19.6 Å². The number of nitrogens with one attached hydrogen (secondary N) is 1. The van der Waals surface area contributed by atoms with Crippen molar-refractivity contribution in [1.82, 2.24) is 10.2 Å². The first-order valence-corrected chi connectivity index (χ1v) is 8.28. The first-order valence-electron chi connectivity index (χ1n) is 8.28. The molecular formula is C16H31N3O. The lowest BCUT2D eigenvalue weighted by Gasteiger charge is -2.34. The van der Waals surface area contributed by atoms with Gasteiger partial charge in [0.15, 0.2) is 0 Å². The molecule has 0 radical (unpaired) electrons. The van der Waals surface area contributed by atoms with Crippen molar-refractivity contribution in [2.24, 2.45) is 17.6 Å². The molecule has 1 saturated carbocycles. The predicted octanol–water partition coefficient (Wildman–Crippen LogP) is 1.74. The van der Waals surface area contributed by atoms with Crippen LogP contribution in [0.4, 0.5) is 0 Å². The number of nitrogens with two attached hydrogens (primary N) is 1. The highest BCUT2D eigenvalue weighted by molar-refractivity contribution is 5.85. The zero-order valence-electron chi connectivity index (χ0n) is 13.3. The van der Waals surface area contributed by atoms with Crippen molar-refractivity contribution < 1.29 is 4.79 Å². The summed E-state index contributed by atoms with van der Waals surface area (Å²) < 4.78 is 0. The number of primary amides is 1. The standard InChI is InChI=1S/C16H31N3O/c1-4-18-16(15(17)20)8-5-6-14(16)7-9-19-11-12(2)10-13(19)3/h12-14,18H,4-11H2,1-3H3,(H2,17,20). The summed E-state index contributed by atoms with van der Waals surface area (Å²) in [5.74, 6) is 1.07. The minimum atomic E-state index is -0.441. The molecular weight excluding hydrogens is 250 g/mol. The maximum Gasteiger partial charge on any atom is 0.238 e. The van der Waals surface area contributed by atoms with Crippen molar-refractivity contribution >= 4 is 5.91 Å². The first kappa shape index (κ1) is 15.8. The Morgan fingerprint density at radius 3 is 2.75 bits per heavy atom. The number of likely N-dealkylation sites (tertiary alicyclic amines) is 1. The fourth-order valence-corrected chi connectivity index (χ4v) is 4.45. The van der Waals surface area contributed by atoms with Crippen LogP contribution in [0.3, 0.4) is 0 Å². The van der Waals surface area contributed by atoms with E-state index in [-0.39, 0.29) is 5.91 Å². The Labute approximate surface area is 123 Å². The van der Waals surface area contributed by atoms with Gasteiger partial charge in [-0.15, -0.1) is 0 Å². The van der Waals surface area contributed by atoms with E-state index in [1.165, 1.54) is 13.0 Å². The lowest BCUT2D eigenvalue weighted by Crippen LogP contribution is -2.58. The largest absolute Gasteiger partial charge is 0.368 e. The van der Waals surface area contributed by atoms with E-state index in [1.807, 2.05) is 0 Å². The third kappa shape index (κ3) is 3.01. The molecule has 0 aromatic heterocycles. The molecule has 0 spiro atoms. The molecule has 116 valence electrons. The maximum absolute atomic E-state index is 12.0. The summed E-state index contributed by atoms with van der Waals surface area (Å²) in [5.41, 5.74) is 5.29. The van der Waals surface area contributed by atoms with E-state index in [0.29, 0.717) is 12.0 Å². The van der Waals surface area contributed by atoms with Gasteiger partial charge in [0.25, 0.3) is 0 Å². The molecule has 0 aromatic rings. The zero-order chi connectivity index (χ0) is 14.8. The number of likely N-dealkylation sites (N-methyl/N-ethyl adjacent to an activating group) is 1. The molecule has 20 heavy (non-hydrogen) atoms. The maximum atomic E-state index is 12.0. The molecule has 2 aliphatic rings. The van der Waals surface area contributed by atoms with Crippen LogP contribution in [0.2, 0.25) is 0 Å². The number of rotatable bonds is 6. The molecule has 1 aliphatic heterocycles. The molecule has 1 saturated heterocycles. The highest BCUT2D eigenvalue weighted by Gasteiger charge is 2.46. The molecule has 4 unspecified atom stereocenters. The summed E-state index contributed by atoms with van der Waals surface area (Å²) in [5, 5.41) is 3.41. The number of amides is 1. The number of carbonyl (C=O) groups is 1. The lowest BCUT2D eigenvalue weighted by atomic mass is 9.83. The summed E-state index contributed by atoms with van der Waals surface area (Å²) in [7, 11) is 0. The van der Waals surface area contributed by atoms with Gasteiger partial charge in [-0.05, 0) is 57.5 Å². The van der Waals surface area contributed by atoms with E-state index < -0.39 is 5.54 Å². The molecule has 4 atom stereocenters. The molecule has 1 aliphatic carbocycles. The van der Waals surface area contributed by atoms with Crippen LogP contribution in [0.1, 0.15) is 52.9 Å². The van der Waals surface area contributed by atoms with Crippen LogP contribution in [-0.4, -0.2) is 42.0 Å². The summed E-state index contributed by atoms with van der Waals surface area (Å²) in [6.45, 7) is 9.85. The average Bonchev–Trinajstić information content (AvgIpc) is 2.92. The van der Waals surface area contributed by atoms with E-state index in [2.05, 4.69) is 31.0 Å². The average molecular weight is 281 g/mol. The zero-order valence-corrected chi connectivity index (χ0v) is 13.3. The molecule has 0 bridgehead atoms. The third-order valence-electron chi connectivity index (χ3n) is 5.43. The highest BCUT2D eigenvalue weighted by atomic mass is 16.1. The van der Waals surface area contributed by atoms with Gasteiger partial charge in [0.05, 0.1) is 0 Å². The second-order valence-corrected chi connectivity index (χ2v) is 6.93. The van der Waals surface area contributed by atoms with E-state index >= 15 is 0 Å². The van der Waals surface area contributed by atoms with Gasteiger partial charge in [-0.3, -0.25) is 4.79 Å². The number of hydrogen-bond acceptors (Lipinski definition) is 3. The monoisotopic (exact) mass is 281 g/mol. The molecule has 0 aromatic carbocycles. The molecule has 4 nitrogen and oxygen atoms in total. The highest BCUT2D eigenvalue weighted by Crippen LogP contribution is 2.38. The van der Waals surface area contributed by atoms with E-state index in [9.17, 15) is 4.79 Å². The Bertz CT molecular complexity index is 347. The van der Waals surface area contributed by atoms with Crippen LogP contribution in [0.5, 0.6) is 0 Å². The van der Waals surface area contributed by atoms with Crippen molar-refractivity contribution in [3.05, 3.63) is 0 Å². The van der Waals surface area contributed by atoms with Crippen molar-refractivity contribution in [3.63, 3.8) is 0 Å². The van der Waals surface area contributed by atoms with Crippen molar-refractivity contribution in [1.29, 1.82) is 0 Å². The van der Waals surface area contributed by atoms with Gasteiger partial charge >= 0.3 is 0 Å². The Morgan fingerprint density at radius 1 is 1.45 bits per heavy atom. The quantitative estimate of drug-likeness (QED) is 0.779. The Morgan fingerprint density at radius 2 is 2.20 bits per heavy atom. The van der Waals surface area contributed by atoms with Crippen LogP contribution >= 0.6 is 0 Å². The summed E-state index contributed by atoms with van der Waals surface area (Å²) in [6, 6.07) is 0.688. The first-order chi connectivity index (χ1) is 9.49. The van der Waals surface area contributed by atoms with Crippen LogP contribution < -0.4 is 11.1 Å². The minimum Gasteiger partial charge on any atom is -0.368 e. The molecule has 1 amide bonds. The number of carbonyl (C=O) groups excluding carboxylic acids is 1. The fourth-order valence-electron chi connectivity index (χ4n) is 4.45. The van der Waals surface area contributed by atoms with Crippen molar-refractivity contribution in [2.45, 2.75) is 64.5 Å². The molecule has 2 fully saturated rings. The second-order valence-electron chi connectivity index (χ2n) is 6.93. The third-order valence-corrected chi connectivity index (χ3v) is 5.43. The minimum absolute atomic E-state index is 0.148. The lowest BCUT2D eigenvalue weighted by molar-refractivity contribution is -0.126. The van der Waals surface area contributed by atoms with Gasteiger partial charge in [0.1, 0.15) is 5.54 Å². The second kappa shape index (κ2) is 6.44. The summed E-state index contributed by atoms with van der Waals surface area (Å²) in [6.07, 6.45) is 5.55. The predicted molar refractivity (Wildman–Crippen MR) is 82.4 cm³/mol. The smallest absolute Gasteiger partial charge is 0.238 e. The van der Waals surface area contributed by atoms with Gasteiger partial charge in [0.2, 0.25) is 5.91 Å². The van der Waals surface area contributed by atoms with Gasteiger partial charge < -0.3 is 16.0 Å². The molecule has 1 heterocycles. The van der Waals surface area contributed by atoms with Gasteiger partial charge in [0, 0.05) is 12.6 Å². The topological polar surface area (TPSA) is 58.4 Å². The summed E-state index contributed by atoms with van der Waals surface area (Å²) >= 11 is 0. The van der Waals surface area contributed by atoms with E-state index in [0.717, 1.165) is 44.7 Å². The Hall–Kier alpha value is -0.610. The van der Waals surface area contributed by atoms with Crippen LogP contribution in [0, 0.1) is 11.8 Å². The van der Waals surface area contributed by atoms with E-state index in [4.69, 9.17) is 5.73 Å².